The predicted octanol–water partition coefficient (Wildman–Crippen LogP) is 2.53. The van der Waals surface area contributed by atoms with Crippen molar-refractivity contribution >= 4 is 11.9 Å². The standard InChI is InChI=1S/C12H20O4/c1-3-4-5-6-9-16-11(13)8-7-10(2)12(14)15/h2-9H2,1H3,(H,14,15). The third-order valence-corrected chi connectivity index (χ3v) is 2.19. The van der Waals surface area contributed by atoms with E-state index in [0.717, 1.165) is 25.7 Å². The summed E-state index contributed by atoms with van der Waals surface area (Å²) in [7, 11) is 0. The van der Waals surface area contributed by atoms with Crippen molar-refractivity contribution in [2.24, 2.45) is 0 Å². The van der Waals surface area contributed by atoms with Crippen LogP contribution in [-0.4, -0.2) is 23.7 Å². The average molecular weight is 228 g/mol. The van der Waals surface area contributed by atoms with Crippen LogP contribution in [0.4, 0.5) is 0 Å². The van der Waals surface area contributed by atoms with Crippen LogP contribution >= 0.6 is 0 Å². The van der Waals surface area contributed by atoms with E-state index < -0.39 is 5.97 Å². The maximum absolute atomic E-state index is 11.1. The van der Waals surface area contributed by atoms with Crippen molar-refractivity contribution in [2.45, 2.75) is 45.4 Å². The lowest BCUT2D eigenvalue weighted by Gasteiger charge is -2.04. The van der Waals surface area contributed by atoms with E-state index in [-0.39, 0.29) is 24.4 Å². The zero-order valence-corrected chi connectivity index (χ0v) is 9.83. The topological polar surface area (TPSA) is 63.6 Å². The SMILES string of the molecule is C=C(CCC(=O)OCCCCCC)C(=O)O. The maximum atomic E-state index is 11.1. The van der Waals surface area contributed by atoms with Crippen molar-refractivity contribution in [1.29, 1.82) is 0 Å². The minimum atomic E-state index is -1.06. The second-order valence-corrected chi connectivity index (χ2v) is 3.69. The van der Waals surface area contributed by atoms with Crippen LogP contribution in [0.3, 0.4) is 0 Å². The molecule has 0 aliphatic carbocycles. The number of rotatable bonds is 9. The van der Waals surface area contributed by atoms with Crippen LogP contribution in [0.2, 0.25) is 0 Å². The molecule has 92 valence electrons. The Morgan fingerprint density at radius 3 is 2.44 bits per heavy atom. The lowest BCUT2D eigenvalue weighted by atomic mass is 10.2. The van der Waals surface area contributed by atoms with E-state index in [2.05, 4.69) is 13.5 Å². The second-order valence-electron chi connectivity index (χ2n) is 3.69. The molecule has 0 aliphatic rings. The summed E-state index contributed by atoms with van der Waals surface area (Å²) in [6, 6.07) is 0. The Morgan fingerprint density at radius 1 is 1.19 bits per heavy atom. The number of carboxylic acid groups (broad SMARTS) is 1. The first-order valence-electron chi connectivity index (χ1n) is 5.64. The quantitative estimate of drug-likeness (QED) is 0.374. The Morgan fingerprint density at radius 2 is 1.88 bits per heavy atom. The summed E-state index contributed by atoms with van der Waals surface area (Å²) in [4.78, 5) is 21.5. The normalized spacial score (nSPS) is 9.81. The van der Waals surface area contributed by atoms with Crippen molar-refractivity contribution in [2.75, 3.05) is 6.61 Å². The first-order valence-corrected chi connectivity index (χ1v) is 5.64. The number of carbonyl (C=O) groups excluding carboxylic acids is 1. The maximum Gasteiger partial charge on any atom is 0.330 e. The van der Waals surface area contributed by atoms with Crippen LogP contribution in [0.15, 0.2) is 12.2 Å². The number of unbranched alkanes of at least 4 members (excludes halogenated alkanes) is 3. The Hall–Kier alpha value is -1.32. The molecule has 0 aromatic rings. The van der Waals surface area contributed by atoms with Gasteiger partial charge in [-0.2, -0.15) is 0 Å². The molecule has 4 nitrogen and oxygen atoms in total. The van der Waals surface area contributed by atoms with E-state index in [4.69, 9.17) is 9.84 Å². The highest BCUT2D eigenvalue weighted by atomic mass is 16.5. The minimum Gasteiger partial charge on any atom is -0.478 e. The number of hydrogen-bond acceptors (Lipinski definition) is 3. The van der Waals surface area contributed by atoms with E-state index in [0.29, 0.717) is 6.61 Å². The summed E-state index contributed by atoms with van der Waals surface area (Å²) in [5.41, 5.74) is 0.0444. The molecule has 0 heterocycles. The van der Waals surface area contributed by atoms with Gasteiger partial charge in [0, 0.05) is 12.0 Å². The molecule has 0 saturated carbocycles. The van der Waals surface area contributed by atoms with Gasteiger partial charge < -0.3 is 9.84 Å². The van der Waals surface area contributed by atoms with Crippen LogP contribution < -0.4 is 0 Å². The van der Waals surface area contributed by atoms with Gasteiger partial charge in [0.25, 0.3) is 0 Å². The van der Waals surface area contributed by atoms with Gasteiger partial charge >= 0.3 is 11.9 Å². The Kier molecular flexibility index (Phi) is 8.21. The molecule has 0 unspecified atom stereocenters. The zero-order chi connectivity index (χ0) is 12.4. The molecule has 0 saturated heterocycles. The van der Waals surface area contributed by atoms with E-state index in [9.17, 15) is 9.59 Å². The van der Waals surface area contributed by atoms with E-state index in [1.54, 1.807) is 0 Å². The van der Waals surface area contributed by atoms with Crippen molar-refractivity contribution in [3.8, 4) is 0 Å². The molecule has 0 atom stereocenters. The summed E-state index contributed by atoms with van der Waals surface area (Å²) in [6.07, 6.45) is 4.48. The molecule has 1 N–H and O–H groups in total. The van der Waals surface area contributed by atoms with Crippen molar-refractivity contribution in [1.82, 2.24) is 0 Å². The fourth-order valence-corrected chi connectivity index (χ4v) is 1.15. The van der Waals surface area contributed by atoms with Crippen LogP contribution in [0.5, 0.6) is 0 Å². The monoisotopic (exact) mass is 228 g/mol. The first kappa shape index (κ1) is 14.7. The van der Waals surface area contributed by atoms with Gasteiger partial charge in [-0.3, -0.25) is 4.79 Å². The number of ether oxygens (including phenoxy) is 1. The molecule has 0 bridgehead atoms. The van der Waals surface area contributed by atoms with Gasteiger partial charge in [-0.25, -0.2) is 4.79 Å². The molecule has 4 heteroatoms. The molecule has 0 spiro atoms. The Balaban J connectivity index is 3.45. The Labute approximate surface area is 96.3 Å². The minimum absolute atomic E-state index is 0.0444. The van der Waals surface area contributed by atoms with Crippen LogP contribution in [0, 0.1) is 0 Å². The smallest absolute Gasteiger partial charge is 0.330 e. The van der Waals surface area contributed by atoms with E-state index in [1.807, 2.05) is 0 Å². The third kappa shape index (κ3) is 8.03. The largest absolute Gasteiger partial charge is 0.478 e. The molecular formula is C12H20O4. The van der Waals surface area contributed by atoms with Gasteiger partial charge in [0.05, 0.1) is 6.61 Å². The van der Waals surface area contributed by atoms with Crippen molar-refractivity contribution in [3.63, 3.8) is 0 Å². The van der Waals surface area contributed by atoms with E-state index >= 15 is 0 Å². The number of carbonyl (C=O) groups is 2. The van der Waals surface area contributed by atoms with Gasteiger partial charge in [0.15, 0.2) is 0 Å². The van der Waals surface area contributed by atoms with Gasteiger partial charge in [-0.15, -0.1) is 0 Å². The van der Waals surface area contributed by atoms with Gasteiger partial charge in [-0.1, -0.05) is 32.8 Å². The fraction of sp³-hybridized carbons (Fsp3) is 0.667. The summed E-state index contributed by atoms with van der Waals surface area (Å²) < 4.78 is 4.95. The molecule has 16 heavy (non-hydrogen) atoms. The lowest BCUT2D eigenvalue weighted by molar-refractivity contribution is -0.143. The lowest BCUT2D eigenvalue weighted by Crippen LogP contribution is -2.08. The van der Waals surface area contributed by atoms with Crippen molar-refractivity contribution < 1.29 is 19.4 Å². The Bertz CT molecular complexity index is 245. The number of esters is 1. The highest BCUT2D eigenvalue weighted by molar-refractivity contribution is 5.86. The van der Waals surface area contributed by atoms with Crippen molar-refractivity contribution in [3.05, 3.63) is 12.2 Å². The molecule has 0 aromatic carbocycles. The third-order valence-electron chi connectivity index (χ3n) is 2.19. The highest BCUT2D eigenvalue weighted by Crippen LogP contribution is 2.05. The molecule has 0 amide bonds. The van der Waals surface area contributed by atoms with E-state index in [1.165, 1.54) is 0 Å². The number of aliphatic carboxylic acids is 1. The van der Waals surface area contributed by atoms with Crippen LogP contribution in [0.25, 0.3) is 0 Å². The predicted molar refractivity (Wildman–Crippen MR) is 61.1 cm³/mol. The van der Waals surface area contributed by atoms with Crippen LogP contribution in [-0.2, 0) is 14.3 Å². The fourth-order valence-electron chi connectivity index (χ4n) is 1.15. The summed E-state index contributed by atoms with van der Waals surface area (Å²) in [5.74, 6) is -1.41. The molecule has 0 radical (unpaired) electrons. The summed E-state index contributed by atoms with van der Waals surface area (Å²) in [6.45, 7) is 5.88. The first-order chi connectivity index (χ1) is 7.57. The van der Waals surface area contributed by atoms with Gasteiger partial charge in [0.1, 0.15) is 0 Å². The summed E-state index contributed by atoms with van der Waals surface area (Å²) >= 11 is 0. The molecular weight excluding hydrogens is 208 g/mol. The van der Waals surface area contributed by atoms with Gasteiger partial charge in [-0.05, 0) is 12.8 Å². The number of carboxylic acids is 1. The second kappa shape index (κ2) is 8.95. The van der Waals surface area contributed by atoms with Gasteiger partial charge in [0.2, 0.25) is 0 Å². The molecule has 0 rings (SSSR count). The molecule has 0 fully saturated rings. The molecule has 0 aliphatic heterocycles. The summed E-state index contributed by atoms with van der Waals surface area (Å²) in [5, 5.41) is 8.52. The number of hydrogen-bond donors (Lipinski definition) is 1. The molecule has 0 aromatic heterocycles. The average Bonchev–Trinajstić information content (AvgIpc) is 2.25. The zero-order valence-electron chi connectivity index (χ0n) is 9.83. The highest BCUT2D eigenvalue weighted by Gasteiger charge is 2.08. The van der Waals surface area contributed by atoms with Crippen LogP contribution in [0.1, 0.15) is 45.4 Å².